The predicted molar refractivity (Wildman–Crippen MR) is 115 cm³/mol. The molecule has 160 valence electrons. The summed E-state index contributed by atoms with van der Waals surface area (Å²) in [6.45, 7) is 1.27. The zero-order chi connectivity index (χ0) is 22.2. The van der Waals surface area contributed by atoms with Crippen molar-refractivity contribution in [2.75, 3.05) is 18.9 Å². The Hall–Kier alpha value is -3.68. The van der Waals surface area contributed by atoms with Crippen LogP contribution in [0.5, 0.6) is 0 Å². The summed E-state index contributed by atoms with van der Waals surface area (Å²) in [6, 6.07) is 11.6. The first-order chi connectivity index (χ1) is 14.8. The molecule has 0 aromatic heterocycles. The average Bonchev–Trinajstić information content (AvgIpc) is 3.32. The van der Waals surface area contributed by atoms with Gasteiger partial charge in [0.1, 0.15) is 12.1 Å². The van der Waals surface area contributed by atoms with Crippen molar-refractivity contribution < 1.29 is 19.2 Å². The number of hydrogen-bond donors (Lipinski definition) is 3. The number of fused-ring (bicyclic) bond motifs is 1. The van der Waals surface area contributed by atoms with E-state index in [9.17, 15) is 19.2 Å². The molecule has 1 atom stereocenters. The second-order valence-electron chi connectivity index (χ2n) is 7.99. The quantitative estimate of drug-likeness (QED) is 0.643. The van der Waals surface area contributed by atoms with E-state index in [1.165, 1.54) is 18.2 Å². The van der Waals surface area contributed by atoms with Gasteiger partial charge in [0.2, 0.25) is 5.91 Å². The molecule has 0 unspecified atom stereocenters. The fraction of sp³-hybridized carbons (Fsp3) is 0.304. The molecular weight excluding hydrogens is 396 g/mol. The van der Waals surface area contributed by atoms with Crippen molar-refractivity contribution in [1.82, 2.24) is 15.5 Å². The number of urea groups is 1. The summed E-state index contributed by atoms with van der Waals surface area (Å²) in [5, 5.41) is 7.92. The lowest BCUT2D eigenvalue weighted by molar-refractivity contribution is -0.133. The van der Waals surface area contributed by atoms with Crippen LogP contribution < -0.4 is 16.0 Å². The Balaban J connectivity index is 1.45. The molecule has 1 fully saturated rings. The normalized spacial score (nSPS) is 19.7. The molecule has 2 aromatic carbocycles. The van der Waals surface area contributed by atoms with E-state index >= 15 is 0 Å². The number of anilines is 1. The van der Waals surface area contributed by atoms with Crippen molar-refractivity contribution in [3.63, 3.8) is 0 Å². The van der Waals surface area contributed by atoms with Gasteiger partial charge in [-0.15, -0.1) is 0 Å². The largest absolute Gasteiger partial charge is 0.355 e. The van der Waals surface area contributed by atoms with Gasteiger partial charge in [-0.3, -0.25) is 19.3 Å². The van der Waals surface area contributed by atoms with Gasteiger partial charge in [0.15, 0.2) is 0 Å². The number of imide groups is 1. The van der Waals surface area contributed by atoms with Crippen LogP contribution in [0.15, 0.2) is 42.5 Å². The van der Waals surface area contributed by atoms with Crippen LogP contribution in [-0.4, -0.2) is 42.2 Å². The molecule has 1 heterocycles. The molecule has 8 nitrogen and oxygen atoms in total. The highest BCUT2D eigenvalue weighted by atomic mass is 16.2. The minimum atomic E-state index is -1.20. The number of nitrogens with one attached hydrogen (secondary N) is 3. The van der Waals surface area contributed by atoms with Gasteiger partial charge >= 0.3 is 6.03 Å². The highest BCUT2D eigenvalue weighted by Crippen LogP contribution is 2.32. The fourth-order valence-corrected chi connectivity index (χ4v) is 4.11. The Labute approximate surface area is 180 Å². The molecule has 1 aliphatic carbocycles. The van der Waals surface area contributed by atoms with E-state index in [4.69, 9.17) is 0 Å². The highest BCUT2D eigenvalue weighted by molar-refractivity contribution is 6.10. The van der Waals surface area contributed by atoms with Gasteiger partial charge in [-0.1, -0.05) is 18.2 Å². The van der Waals surface area contributed by atoms with E-state index in [0.717, 1.165) is 29.7 Å². The minimum Gasteiger partial charge on any atom is -0.355 e. The maximum Gasteiger partial charge on any atom is 0.325 e. The summed E-state index contributed by atoms with van der Waals surface area (Å²) in [4.78, 5) is 50.6. The second kappa shape index (κ2) is 7.86. The molecule has 8 heteroatoms. The summed E-state index contributed by atoms with van der Waals surface area (Å²) in [5.41, 5.74) is 2.93. The summed E-state index contributed by atoms with van der Waals surface area (Å²) in [7, 11) is 1.53. The highest BCUT2D eigenvalue weighted by Gasteiger charge is 2.49. The molecule has 1 aliphatic heterocycles. The molecule has 2 aromatic rings. The number of hydrogen-bond acceptors (Lipinski definition) is 4. The van der Waals surface area contributed by atoms with Crippen LogP contribution in [0.1, 0.15) is 40.4 Å². The van der Waals surface area contributed by atoms with Gasteiger partial charge < -0.3 is 16.0 Å². The number of carbonyl (C=O) groups is 4. The van der Waals surface area contributed by atoms with Crippen molar-refractivity contribution in [3.05, 3.63) is 64.7 Å². The van der Waals surface area contributed by atoms with Crippen LogP contribution in [0.3, 0.4) is 0 Å². The molecule has 2 aliphatic rings. The summed E-state index contributed by atoms with van der Waals surface area (Å²) < 4.78 is 0. The standard InChI is InChI=1S/C23H24N4O4/c1-23(17-9-6-14-4-3-5-16(14)12-17)21(30)27(22(31)26-23)13-19(28)25-18-10-7-15(8-11-18)20(29)24-2/h6-12H,3-5,13H2,1-2H3,(H,24,29)(H,25,28)(H,26,31)/t23-/m0/s1. The summed E-state index contributed by atoms with van der Waals surface area (Å²) in [6.07, 6.45) is 3.08. The second-order valence-corrected chi connectivity index (χ2v) is 7.99. The zero-order valence-electron chi connectivity index (χ0n) is 17.5. The lowest BCUT2D eigenvalue weighted by atomic mass is 9.89. The van der Waals surface area contributed by atoms with Crippen molar-refractivity contribution in [2.24, 2.45) is 0 Å². The van der Waals surface area contributed by atoms with E-state index in [1.54, 1.807) is 31.2 Å². The first-order valence-electron chi connectivity index (χ1n) is 10.2. The molecule has 31 heavy (non-hydrogen) atoms. The minimum absolute atomic E-state index is 0.233. The Kier molecular flexibility index (Phi) is 5.22. The van der Waals surface area contributed by atoms with Crippen molar-refractivity contribution in [3.8, 4) is 0 Å². The van der Waals surface area contributed by atoms with Gasteiger partial charge in [-0.25, -0.2) is 4.79 Å². The van der Waals surface area contributed by atoms with Crippen molar-refractivity contribution in [2.45, 2.75) is 31.7 Å². The van der Waals surface area contributed by atoms with Crippen LogP contribution in [0.4, 0.5) is 10.5 Å². The predicted octanol–water partition coefficient (Wildman–Crippen LogP) is 1.94. The molecule has 0 saturated carbocycles. The van der Waals surface area contributed by atoms with Gasteiger partial charge in [-0.05, 0) is 67.1 Å². The molecule has 0 radical (unpaired) electrons. The van der Waals surface area contributed by atoms with Crippen LogP contribution >= 0.6 is 0 Å². The lowest BCUT2D eigenvalue weighted by Crippen LogP contribution is -2.42. The number of rotatable bonds is 5. The summed E-state index contributed by atoms with van der Waals surface area (Å²) in [5.74, 6) is -1.20. The van der Waals surface area contributed by atoms with E-state index in [-0.39, 0.29) is 5.91 Å². The van der Waals surface area contributed by atoms with E-state index in [2.05, 4.69) is 16.0 Å². The number of aryl methyl sites for hydroxylation is 2. The Bertz CT molecular complexity index is 1080. The molecule has 0 spiro atoms. The van der Waals surface area contributed by atoms with Crippen LogP contribution in [0, 0.1) is 0 Å². The van der Waals surface area contributed by atoms with E-state index in [1.807, 2.05) is 18.2 Å². The van der Waals surface area contributed by atoms with Gasteiger partial charge in [0.25, 0.3) is 11.8 Å². The molecule has 5 amide bonds. The zero-order valence-corrected chi connectivity index (χ0v) is 17.5. The van der Waals surface area contributed by atoms with Crippen LogP contribution in [-0.2, 0) is 28.0 Å². The molecule has 4 rings (SSSR count). The van der Waals surface area contributed by atoms with E-state index < -0.39 is 29.9 Å². The SMILES string of the molecule is CNC(=O)c1ccc(NC(=O)CN2C(=O)N[C@@](C)(c3ccc4c(c3)CCC4)C2=O)cc1. The number of nitrogens with zero attached hydrogens (tertiary/aromatic N) is 1. The Morgan fingerprint density at radius 1 is 1.06 bits per heavy atom. The van der Waals surface area contributed by atoms with Crippen LogP contribution in [0.25, 0.3) is 0 Å². The van der Waals surface area contributed by atoms with Gasteiger partial charge in [0, 0.05) is 18.3 Å². The molecule has 3 N–H and O–H groups in total. The van der Waals surface area contributed by atoms with Crippen molar-refractivity contribution >= 4 is 29.4 Å². The lowest BCUT2D eigenvalue weighted by Gasteiger charge is -2.23. The van der Waals surface area contributed by atoms with Gasteiger partial charge in [0.05, 0.1) is 0 Å². The van der Waals surface area contributed by atoms with Crippen LogP contribution in [0.2, 0.25) is 0 Å². The smallest absolute Gasteiger partial charge is 0.325 e. The monoisotopic (exact) mass is 420 g/mol. The fourth-order valence-electron chi connectivity index (χ4n) is 4.11. The topological polar surface area (TPSA) is 108 Å². The maximum absolute atomic E-state index is 13.1. The van der Waals surface area contributed by atoms with E-state index in [0.29, 0.717) is 11.3 Å². The third-order valence-electron chi connectivity index (χ3n) is 5.91. The molecular formula is C23H24N4O4. The number of benzene rings is 2. The molecule has 1 saturated heterocycles. The van der Waals surface area contributed by atoms with Crippen molar-refractivity contribution in [1.29, 1.82) is 0 Å². The number of amides is 5. The Morgan fingerprint density at radius 3 is 2.48 bits per heavy atom. The maximum atomic E-state index is 13.1. The Morgan fingerprint density at radius 2 is 1.77 bits per heavy atom. The first-order valence-corrected chi connectivity index (χ1v) is 10.2. The average molecular weight is 420 g/mol. The third kappa shape index (κ3) is 3.76. The van der Waals surface area contributed by atoms with Gasteiger partial charge in [-0.2, -0.15) is 0 Å². The third-order valence-corrected chi connectivity index (χ3v) is 5.91. The summed E-state index contributed by atoms with van der Waals surface area (Å²) >= 11 is 0. The number of carbonyl (C=O) groups excluding carboxylic acids is 4. The molecule has 0 bridgehead atoms. The first kappa shape index (κ1) is 20.6.